The number of aliphatic carboxylic acids is 1. The third-order valence-corrected chi connectivity index (χ3v) is 4.07. The number of hydrogen-bond acceptors (Lipinski definition) is 3. The number of hydrogen-bond donors (Lipinski definition) is 2. The van der Waals surface area contributed by atoms with Crippen molar-refractivity contribution in [3.63, 3.8) is 0 Å². The summed E-state index contributed by atoms with van der Waals surface area (Å²) in [6.45, 7) is 5.12. The molecule has 0 aromatic heterocycles. The van der Waals surface area contributed by atoms with Gasteiger partial charge in [0.1, 0.15) is 5.75 Å². The Hall–Kier alpha value is -1.75. The monoisotopic (exact) mass is 313 g/mol. The van der Waals surface area contributed by atoms with E-state index in [0.717, 1.165) is 0 Å². The van der Waals surface area contributed by atoms with E-state index in [1.54, 1.807) is 39.0 Å². The van der Waals surface area contributed by atoms with E-state index in [4.69, 9.17) is 16.3 Å². The average Bonchev–Trinajstić information content (AvgIpc) is 2.40. The molecule has 116 valence electrons. The van der Waals surface area contributed by atoms with Crippen LogP contribution in [0.5, 0.6) is 5.75 Å². The number of carboxylic acids is 1. The number of nitrogens with one attached hydrogen (secondary N) is 1. The Labute approximate surface area is 129 Å². The molecular weight excluding hydrogens is 294 g/mol. The molecule has 5 nitrogen and oxygen atoms in total. The molecule has 0 spiro atoms. The Morgan fingerprint density at radius 1 is 1.43 bits per heavy atom. The molecule has 0 bridgehead atoms. The summed E-state index contributed by atoms with van der Waals surface area (Å²) in [5, 5.41) is 12.3. The second-order valence-corrected chi connectivity index (χ2v) is 5.86. The SMILES string of the molecule is COc1ccc(Cl)c(NC(=O)CC(C)(C(=O)O)C(C)C)c1. The smallest absolute Gasteiger partial charge is 0.310 e. The van der Waals surface area contributed by atoms with Crippen LogP contribution in [0, 0.1) is 11.3 Å². The topological polar surface area (TPSA) is 75.6 Å². The Morgan fingerprint density at radius 2 is 2.05 bits per heavy atom. The van der Waals surface area contributed by atoms with Gasteiger partial charge in [0, 0.05) is 12.5 Å². The van der Waals surface area contributed by atoms with E-state index in [2.05, 4.69) is 5.32 Å². The van der Waals surface area contributed by atoms with E-state index >= 15 is 0 Å². The maximum atomic E-state index is 12.1. The number of benzene rings is 1. The normalized spacial score (nSPS) is 13.6. The molecule has 0 saturated heterocycles. The summed E-state index contributed by atoms with van der Waals surface area (Å²) in [5.41, 5.74) is -0.729. The molecule has 0 saturated carbocycles. The van der Waals surface area contributed by atoms with Crippen LogP contribution in [0.3, 0.4) is 0 Å². The molecule has 2 N–H and O–H groups in total. The first-order valence-corrected chi connectivity index (χ1v) is 6.95. The minimum Gasteiger partial charge on any atom is -0.497 e. The highest BCUT2D eigenvalue weighted by molar-refractivity contribution is 6.33. The van der Waals surface area contributed by atoms with Gasteiger partial charge in [-0.25, -0.2) is 0 Å². The molecule has 1 atom stereocenters. The van der Waals surface area contributed by atoms with Crippen molar-refractivity contribution in [3.05, 3.63) is 23.2 Å². The molecule has 0 heterocycles. The fourth-order valence-corrected chi connectivity index (χ4v) is 1.95. The Kier molecular flexibility index (Phi) is 5.61. The predicted molar refractivity (Wildman–Crippen MR) is 81.8 cm³/mol. The predicted octanol–water partition coefficient (Wildman–Crippen LogP) is 3.42. The molecule has 0 fully saturated rings. The van der Waals surface area contributed by atoms with E-state index < -0.39 is 17.3 Å². The molecule has 0 aliphatic carbocycles. The molecule has 21 heavy (non-hydrogen) atoms. The van der Waals surface area contributed by atoms with Gasteiger partial charge in [0.05, 0.1) is 23.2 Å². The molecule has 1 amide bonds. The van der Waals surface area contributed by atoms with Gasteiger partial charge >= 0.3 is 5.97 Å². The summed E-state index contributed by atoms with van der Waals surface area (Å²) in [5.74, 6) is -1.02. The summed E-state index contributed by atoms with van der Waals surface area (Å²) in [6, 6.07) is 4.87. The molecule has 0 aliphatic heterocycles. The number of rotatable bonds is 6. The first kappa shape index (κ1) is 17.3. The third kappa shape index (κ3) is 4.11. The maximum absolute atomic E-state index is 12.1. The van der Waals surface area contributed by atoms with Gasteiger partial charge in [0.2, 0.25) is 5.91 Å². The number of halogens is 1. The number of anilines is 1. The lowest BCUT2D eigenvalue weighted by Crippen LogP contribution is -2.37. The number of carbonyl (C=O) groups is 2. The summed E-state index contributed by atoms with van der Waals surface area (Å²) < 4.78 is 5.06. The van der Waals surface area contributed by atoms with Crippen LogP contribution in [0.1, 0.15) is 27.2 Å². The lowest BCUT2D eigenvalue weighted by Gasteiger charge is -2.28. The van der Waals surface area contributed by atoms with E-state index in [-0.39, 0.29) is 12.3 Å². The van der Waals surface area contributed by atoms with Gasteiger partial charge < -0.3 is 15.2 Å². The van der Waals surface area contributed by atoms with Crippen LogP contribution >= 0.6 is 11.6 Å². The average molecular weight is 314 g/mol. The van der Waals surface area contributed by atoms with Crippen LogP contribution in [0.4, 0.5) is 5.69 Å². The van der Waals surface area contributed by atoms with Crippen LogP contribution in [-0.4, -0.2) is 24.1 Å². The lowest BCUT2D eigenvalue weighted by atomic mass is 9.76. The molecule has 0 radical (unpaired) electrons. The molecule has 0 aliphatic rings. The minimum absolute atomic E-state index is 0.131. The number of amides is 1. The lowest BCUT2D eigenvalue weighted by molar-refractivity contribution is -0.153. The Balaban J connectivity index is 2.89. The number of carbonyl (C=O) groups excluding carboxylic acids is 1. The van der Waals surface area contributed by atoms with Crippen molar-refractivity contribution in [2.75, 3.05) is 12.4 Å². The molecule has 1 aromatic rings. The van der Waals surface area contributed by atoms with E-state index in [9.17, 15) is 14.7 Å². The van der Waals surface area contributed by atoms with E-state index in [1.807, 2.05) is 0 Å². The first-order valence-electron chi connectivity index (χ1n) is 6.57. The zero-order valence-corrected chi connectivity index (χ0v) is 13.3. The largest absolute Gasteiger partial charge is 0.497 e. The summed E-state index contributed by atoms with van der Waals surface area (Å²) in [6.07, 6.45) is -0.131. The van der Waals surface area contributed by atoms with Gasteiger partial charge in [0.15, 0.2) is 0 Å². The number of methoxy groups -OCH3 is 1. The van der Waals surface area contributed by atoms with E-state index in [1.165, 1.54) is 7.11 Å². The van der Waals surface area contributed by atoms with Crippen molar-refractivity contribution in [2.24, 2.45) is 11.3 Å². The van der Waals surface area contributed by atoms with Gasteiger partial charge in [-0.2, -0.15) is 0 Å². The van der Waals surface area contributed by atoms with Crippen LogP contribution < -0.4 is 10.1 Å². The second-order valence-electron chi connectivity index (χ2n) is 5.45. The maximum Gasteiger partial charge on any atom is 0.310 e. The first-order chi connectivity index (χ1) is 9.70. The summed E-state index contributed by atoms with van der Waals surface area (Å²) in [4.78, 5) is 23.5. The number of carboxylic acid groups (broad SMARTS) is 1. The van der Waals surface area contributed by atoms with Gasteiger partial charge in [0.25, 0.3) is 0 Å². The van der Waals surface area contributed by atoms with Crippen LogP contribution in [-0.2, 0) is 9.59 Å². The molecule has 1 aromatic carbocycles. The molecular formula is C15H20ClNO4. The van der Waals surface area contributed by atoms with Crippen LogP contribution in [0.25, 0.3) is 0 Å². The Morgan fingerprint density at radius 3 is 2.52 bits per heavy atom. The fraction of sp³-hybridized carbons (Fsp3) is 0.467. The van der Waals surface area contributed by atoms with Crippen molar-refractivity contribution < 1.29 is 19.4 Å². The zero-order valence-electron chi connectivity index (χ0n) is 12.6. The molecule has 1 rings (SSSR count). The van der Waals surface area contributed by atoms with Gasteiger partial charge in [-0.3, -0.25) is 9.59 Å². The summed E-state index contributed by atoms with van der Waals surface area (Å²) in [7, 11) is 1.51. The summed E-state index contributed by atoms with van der Waals surface area (Å²) >= 11 is 6.01. The zero-order chi connectivity index (χ0) is 16.2. The van der Waals surface area contributed by atoms with Crippen molar-refractivity contribution in [1.82, 2.24) is 0 Å². The molecule has 6 heteroatoms. The molecule has 1 unspecified atom stereocenters. The van der Waals surface area contributed by atoms with Crippen molar-refractivity contribution in [1.29, 1.82) is 0 Å². The van der Waals surface area contributed by atoms with Crippen LogP contribution in [0.15, 0.2) is 18.2 Å². The second kappa shape index (κ2) is 6.80. The third-order valence-electron chi connectivity index (χ3n) is 3.74. The Bertz CT molecular complexity index is 544. The van der Waals surface area contributed by atoms with Crippen molar-refractivity contribution in [3.8, 4) is 5.75 Å². The van der Waals surface area contributed by atoms with Crippen LogP contribution in [0.2, 0.25) is 5.02 Å². The highest BCUT2D eigenvalue weighted by atomic mass is 35.5. The highest BCUT2D eigenvalue weighted by Crippen LogP contribution is 2.33. The minimum atomic E-state index is -1.13. The highest BCUT2D eigenvalue weighted by Gasteiger charge is 2.38. The standard InChI is InChI=1S/C15H20ClNO4/c1-9(2)15(3,14(19)20)8-13(18)17-12-7-10(21-4)5-6-11(12)16/h5-7,9H,8H2,1-4H3,(H,17,18)(H,19,20). The van der Waals surface area contributed by atoms with E-state index in [0.29, 0.717) is 16.5 Å². The van der Waals surface area contributed by atoms with Crippen molar-refractivity contribution in [2.45, 2.75) is 27.2 Å². The van der Waals surface area contributed by atoms with Gasteiger partial charge in [-0.1, -0.05) is 25.4 Å². The quantitative estimate of drug-likeness (QED) is 0.843. The number of ether oxygens (including phenoxy) is 1. The fourth-order valence-electron chi connectivity index (χ4n) is 1.78. The van der Waals surface area contributed by atoms with Crippen molar-refractivity contribution >= 4 is 29.2 Å². The van der Waals surface area contributed by atoms with Gasteiger partial charge in [-0.15, -0.1) is 0 Å². The van der Waals surface area contributed by atoms with Gasteiger partial charge in [-0.05, 0) is 25.0 Å².